The molecule has 1 fully saturated rings. The van der Waals surface area contributed by atoms with Crippen LogP contribution in [0.15, 0.2) is 18.2 Å². The predicted molar refractivity (Wildman–Crippen MR) is 87.1 cm³/mol. The third-order valence-corrected chi connectivity index (χ3v) is 4.63. The van der Waals surface area contributed by atoms with Crippen molar-refractivity contribution >= 4 is 17.6 Å². The van der Waals surface area contributed by atoms with Gasteiger partial charge in [0.2, 0.25) is 5.91 Å². The van der Waals surface area contributed by atoms with Crippen molar-refractivity contribution in [3.8, 4) is 0 Å². The van der Waals surface area contributed by atoms with Gasteiger partial charge in [-0.2, -0.15) is 0 Å². The molecule has 1 aromatic rings. The molecule has 1 aliphatic carbocycles. The number of benzene rings is 1. The molecule has 1 saturated carbocycles. The Morgan fingerprint density at radius 3 is 2.78 bits per heavy atom. The molecule has 3 amide bonds. The van der Waals surface area contributed by atoms with Crippen LogP contribution in [0.5, 0.6) is 0 Å². The molecular formula is C17H23N3O3. The Labute approximate surface area is 135 Å². The summed E-state index contributed by atoms with van der Waals surface area (Å²) < 4.78 is 0. The van der Waals surface area contributed by atoms with Crippen molar-refractivity contribution in [1.82, 2.24) is 10.6 Å². The molecule has 1 aromatic carbocycles. The van der Waals surface area contributed by atoms with Crippen LogP contribution in [0.25, 0.3) is 0 Å². The Balaban J connectivity index is 1.54. The van der Waals surface area contributed by atoms with E-state index in [9.17, 15) is 14.7 Å². The van der Waals surface area contributed by atoms with Crippen LogP contribution >= 0.6 is 0 Å². The largest absolute Gasteiger partial charge is 0.393 e. The lowest BCUT2D eigenvalue weighted by Gasteiger charge is -2.27. The highest BCUT2D eigenvalue weighted by Crippen LogP contribution is 2.26. The minimum absolute atomic E-state index is 0.00925. The number of hydrogen-bond donors (Lipinski definition) is 4. The fraction of sp³-hybridized carbons (Fsp3) is 0.529. The van der Waals surface area contributed by atoms with E-state index in [4.69, 9.17) is 0 Å². The monoisotopic (exact) mass is 317 g/mol. The molecule has 0 aromatic heterocycles. The van der Waals surface area contributed by atoms with Gasteiger partial charge in [-0.1, -0.05) is 12.1 Å². The molecule has 4 N–H and O–H groups in total. The van der Waals surface area contributed by atoms with Crippen LogP contribution in [0, 0.1) is 0 Å². The lowest BCUT2D eigenvalue weighted by molar-refractivity contribution is -0.115. The molecule has 124 valence electrons. The second-order valence-corrected chi connectivity index (χ2v) is 6.49. The second-order valence-electron chi connectivity index (χ2n) is 6.49. The number of aliphatic hydroxyl groups excluding tert-OH is 1. The summed E-state index contributed by atoms with van der Waals surface area (Å²) in [6.45, 7) is 1.93. The summed E-state index contributed by atoms with van der Waals surface area (Å²) in [6, 6.07) is 5.58. The molecule has 1 atom stereocenters. The molecule has 0 bridgehead atoms. The van der Waals surface area contributed by atoms with Gasteiger partial charge in [0.05, 0.1) is 18.6 Å². The van der Waals surface area contributed by atoms with Crippen LogP contribution in [-0.4, -0.2) is 29.2 Å². The highest BCUT2D eigenvalue weighted by Gasteiger charge is 2.22. The zero-order chi connectivity index (χ0) is 16.4. The van der Waals surface area contributed by atoms with Crippen LogP contribution in [0.2, 0.25) is 0 Å². The van der Waals surface area contributed by atoms with E-state index in [0.29, 0.717) is 6.42 Å². The average molecular weight is 317 g/mol. The number of carbonyl (C=O) groups excluding carboxylic acids is 2. The number of aliphatic hydroxyl groups is 1. The standard InChI is InChI=1S/C17H23N3O3/c1-10(11-2-7-15-12(8-11)9-16(22)20-15)18-17(23)19-13-3-5-14(21)6-4-13/h2,7-8,10,13-14,21H,3-6,9H2,1H3,(H,20,22)(H2,18,19,23)/t10-,13?,14?/m1/s1. The van der Waals surface area contributed by atoms with Gasteiger partial charge in [-0.15, -0.1) is 0 Å². The highest BCUT2D eigenvalue weighted by molar-refractivity contribution is 5.99. The van der Waals surface area contributed by atoms with Crippen LogP contribution < -0.4 is 16.0 Å². The van der Waals surface area contributed by atoms with Gasteiger partial charge in [0.1, 0.15) is 0 Å². The first-order valence-corrected chi connectivity index (χ1v) is 8.19. The first kappa shape index (κ1) is 15.8. The fourth-order valence-electron chi connectivity index (χ4n) is 3.25. The van der Waals surface area contributed by atoms with Gasteiger partial charge in [-0.3, -0.25) is 4.79 Å². The molecule has 0 radical (unpaired) electrons. The Morgan fingerprint density at radius 2 is 2.04 bits per heavy atom. The third-order valence-electron chi connectivity index (χ3n) is 4.63. The van der Waals surface area contributed by atoms with Gasteiger partial charge in [-0.05, 0) is 49.8 Å². The highest BCUT2D eigenvalue weighted by atomic mass is 16.3. The smallest absolute Gasteiger partial charge is 0.315 e. The summed E-state index contributed by atoms with van der Waals surface area (Å²) in [5.74, 6) is 0.00925. The maximum absolute atomic E-state index is 12.1. The topological polar surface area (TPSA) is 90.5 Å². The lowest BCUT2D eigenvalue weighted by Crippen LogP contribution is -2.44. The van der Waals surface area contributed by atoms with Gasteiger partial charge >= 0.3 is 6.03 Å². The number of carbonyl (C=O) groups is 2. The Bertz CT molecular complexity index is 609. The maximum atomic E-state index is 12.1. The minimum atomic E-state index is -0.224. The quantitative estimate of drug-likeness (QED) is 0.686. The lowest BCUT2D eigenvalue weighted by atomic mass is 9.93. The zero-order valence-electron chi connectivity index (χ0n) is 13.3. The second kappa shape index (κ2) is 6.58. The Morgan fingerprint density at radius 1 is 1.30 bits per heavy atom. The number of hydrogen-bond acceptors (Lipinski definition) is 3. The predicted octanol–water partition coefficient (Wildman–Crippen LogP) is 1.84. The van der Waals surface area contributed by atoms with E-state index < -0.39 is 0 Å². The Kier molecular flexibility index (Phi) is 4.52. The third kappa shape index (κ3) is 3.82. The van der Waals surface area contributed by atoms with Crippen molar-refractivity contribution in [2.75, 3.05) is 5.32 Å². The van der Waals surface area contributed by atoms with E-state index in [2.05, 4.69) is 16.0 Å². The molecule has 6 nitrogen and oxygen atoms in total. The Hall–Kier alpha value is -2.08. The maximum Gasteiger partial charge on any atom is 0.315 e. The van der Waals surface area contributed by atoms with Crippen molar-refractivity contribution in [2.45, 2.75) is 57.2 Å². The van der Waals surface area contributed by atoms with Crippen molar-refractivity contribution in [3.05, 3.63) is 29.3 Å². The number of anilines is 1. The number of rotatable bonds is 3. The van der Waals surface area contributed by atoms with Crippen LogP contribution in [-0.2, 0) is 11.2 Å². The summed E-state index contributed by atoms with van der Waals surface area (Å²) in [6.07, 6.45) is 3.29. The van der Waals surface area contributed by atoms with Crippen LogP contribution in [0.3, 0.4) is 0 Å². The molecule has 2 aliphatic rings. The summed E-state index contributed by atoms with van der Waals surface area (Å²) in [7, 11) is 0. The zero-order valence-corrected chi connectivity index (χ0v) is 13.3. The van der Waals surface area contributed by atoms with Crippen molar-refractivity contribution in [2.24, 2.45) is 0 Å². The van der Waals surface area contributed by atoms with Gasteiger partial charge in [0.25, 0.3) is 0 Å². The van der Waals surface area contributed by atoms with E-state index in [-0.39, 0.29) is 30.1 Å². The van der Waals surface area contributed by atoms with Crippen LogP contribution in [0.4, 0.5) is 10.5 Å². The van der Waals surface area contributed by atoms with Gasteiger partial charge in [0, 0.05) is 11.7 Å². The first-order valence-electron chi connectivity index (χ1n) is 8.19. The van der Waals surface area contributed by atoms with E-state index in [1.54, 1.807) is 0 Å². The van der Waals surface area contributed by atoms with Crippen molar-refractivity contribution in [1.29, 1.82) is 0 Å². The normalized spacial score (nSPS) is 24.5. The molecule has 1 aliphatic heterocycles. The van der Waals surface area contributed by atoms with Crippen molar-refractivity contribution in [3.63, 3.8) is 0 Å². The van der Waals surface area contributed by atoms with Crippen LogP contribution in [0.1, 0.15) is 49.8 Å². The van der Waals surface area contributed by atoms with Gasteiger partial charge in [-0.25, -0.2) is 4.79 Å². The molecule has 3 rings (SSSR count). The molecule has 0 saturated heterocycles. The molecular weight excluding hydrogens is 294 g/mol. The van der Waals surface area contributed by atoms with E-state index in [1.165, 1.54) is 0 Å². The number of nitrogens with one attached hydrogen (secondary N) is 3. The van der Waals surface area contributed by atoms with E-state index in [1.807, 2.05) is 25.1 Å². The summed E-state index contributed by atoms with van der Waals surface area (Å²) >= 11 is 0. The summed E-state index contributed by atoms with van der Waals surface area (Å²) in [4.78, 5) is 23.5. The van der Waals surface area contributed by atoms with Gasteiger partial charge < -0.3 is 21.1 Å². The summed E-state index contributed by atoms with van der Waals surface area (Å²) in [5.41, 5.74) is 2.81. The SMILES string of the molecule is C[C@@H](NC(=O)NC1CCC(O)CC1)c1ccc2c(c1)CC(=O)N2. The number of fused-ring (bicyclic) bond motifs is 1. The minimum Gasteiger partial charge on any atom is -0.393 e. The number of amides is 3. The molecule has 23 heavy (non-hydrogen) atoms. The van der Waals surface area contributed by atoms with E-state index >= 15 is 0 Å². The summed E-state index contributed by atoms with van der Waals surface area (Å²) in [5, 5.41) is 18.2. The number of urea groups is 1. The van der Waals surface area contributed by atoms with E-state index in [0.717, 1.165) is 42.5 Å². The molecule has 6 heteroatoms. The molecule has 0 unspecified atom stereocenters. The molecule has 0 spiro atoms. The fourth-order valence-corrected chi connectivity index (χ4v) is 3.25. The first-order chi connectivity index (χ1) is 11.0. The van der Waals surface area contributed by atoms with Crippen molar-refractivity contribution < 1.29 is 14.7 Å². The molecule has 1 heterocycles. The van der Waals surface area contributed by atoms with Gasteiger partial charge in [0.15, 0.2) is 0 Å². The average Bonchev–Trinajstić information content (AvgIpc) is 2.88.